The first-order valence-corrected chi connectivity index (χ1v) is 6.10. The van der Waals surface area contributed by atoms with E-state index < -0.39 is 0 Å². The maximum atomic E-state index is 8.95. The zero-order valence-corrected chi connectivity index (χ0v) is 10.5. The molecule has 0 spiro atoms. The molecule has 2 aromatic rings. The van der Waals surface area contributed by atoms with E-state index in [-0.39, 0.29) is 6.61 Å². The molecule has 0 fully saturated rings. The summed E-state index contributed by atoms with van der Waals surface area (Å²) in [5, 5.41) is 8.95. The van der Waals surface area contributed by atoms with Crippen molar-refractivity contribution in [2.75, 3.05) is 19.7 Å². The third kappa shape index (κ3) is 3.15. The van der Waals surface area contributed by atoms with Gasteiger partial charge in [-0.2, -0.15) is 0 Å². The van der Waals surface area contributed by atoms with E-state index in [2.05, 4.69) is 27.9 Å². The molecule has 18 heavy (non-hydrogen) atoms. The standard InChI is InChI=1S/C13H18N4O/c1-2-16(7-8-18)10-12-3-4-13(15-9-12)17-6-5-14-11-17/h3-6,9,11,18H,2,7-8,10H2,1H3. The Morgan fingerprint density at radius 3 is 2.83 bits per heavy atom. The minimum Gasteiger partial charge on any atom is -0.395 e. The van der Waals surface area contributed by atoms with Gasteiger partial charge in [-0.25, -0.2) is 9.97 Å². The zero-order valence-electron chi connectivity index (χ0n) is 10.5. The van der Waals surface area contributed by atoms with Crippen molar-refractivity contribution in [2.45, 2.75) is 13.5 Å². The van der Waals surface area contributed by atoms with Crippen molar-refractivity contribution in [1.29, 1.82) is 0 Å². The normalized spacial score (nSPS) is 11.1. The molecule has 0 aliphatic heterocycles. The highest BCUT2D eigenvalue weighted by atomic mass is 16.3. The zero-order chi connectivity index (χ0) is 12.8. The molecule has 0 atom stereocenters. The SMILES string of the molecule is CCN(CCO)Cc1ccc(-n2ccnc2)nc1. The van der Waals surface area contributed by atoms with Gasteiger partial charge in [-0.05, 0) is 18.2 Å². The molecular weight excluding hydrogens is 228 g/mol. The lowest BCUT2D eigenvalue weighted by atomic mass is 10.2. The summed E-state index contributed by atoms with van der Waals surface area (Å²) in [7, 11) is 0. The summed E-state index contributed by atoms with van der Waals surface area (Å²) in [6, 6.07) is 4.03. The number of nitrogens with zero attached hydrogens (tertiary/aromatic N) is 4. The van der Waals surface area contributed by atoms with Gasteiger partial charge in [0.2, 0.25) is 0 Å². The maximum Gasteiger partial charge on any atom is 0.137 e. The fourth-order valence-electron chi connectivity index (χ4n) is 1.81. The fourth-order valence-corrected chi connectivity index (χ4v) is 1.81. The number of aliphatic hydroxyl groups is 1. The minimum absolute atomic E-state index is 0.189. The molecule has 0 radical (unpaired) electrons. The largest absolute Gasteiger partial charge is 0.395 e. The van der Waals surface area contributed by atoms with E-state index in [0.29, 0.717) is 6.54 Å². The molecule has 0 saturated heterocycles. The number of aliphatic hydroxyl groups excluding tert-OH is 1. The third-order valence-electron chi connectivity index (χ3n) is 2.85. The van der Waals surface area contributed by atoms with Gasteiger partial charge in [0.05, 0.1) is 6.61 Å². The molecule has 0 aromatic carbocycles. The van der Waals surface area contributed by atoms with Gasteiger partial charge in [-0.1, -0.05) is 13.0 Å². The molecule has 0 saturated carbocycles. The van der Waals surface area contributed by atoms with Gasteiger partial charge in [0, 0.05) is 31.7 Å². The van der Waals surface area contributed by atoms with Gasteiger partial charge in [0.1, 0.15) is 12.1 Å². The van der Waals surface area contributed by atoms with Crippen LogP contribution < -0.4 is 0 Å². The predicted octanol–water partition coefficient (Wildman–Crippen LogP) is 1.08. The lowest BCUT2D eigenvalue weighted by Crippen LogP contribution is -2.26. The summed E-state index contributed by atoms with van der Waals surface area (Å²) < 4.78 is 1.87. The second kappa shape index (κ2) is 6.28. The van der Waals surface area contributed by atoms with Gasteiger partial charge in [-0.3, -0.25) is 9.47 Å². The van der Waals surface area contributed by atoms with Crippen LogP contribution in [-0.2, 0) is 6.54 Å². The monoisotopic (exact) mass is 246 g/mol. The molecule has 5 heteroatoms. The van der Waals surface area contributed by atoms with Crippen LogP contribution in [0.5, 0.6) is 0 Å². The Kier molecular flexibility index (Phi) is 4.44. The topological polar surface area (TPSA) is 54.2 Å². The van der Waals surface area contributed by atoms with Crippen LogP contribution in [0.25, 0.3) is 5.82 Å². The molecule has 1 N–H and O–H groups in total. The van der Waals surface area contributed by atoms with Crippen molar-refractivity contribution in [3.63, 3.8) is 0 Å². The number of hydrogen-bond donors (Lipinski definition) is 1. The summed E-state index contributed by atoms with van der Waals surface area (Å²) in [4.78, 5) is 10.6. The van der Waals surface area contributed by atoms with E-state index in [1.54, 1.807) is 12.5 Å². The number of rotatable bonds is 6. The van der Waals surface area contributed by atoms with E-state index in [1.165, 1.54) is 0 Å². The fraction of sp³-hybridized carbons (Fsp3) is 0.385. The van der Waals surface area contributed by atoms with Gasteiger partial charge in [-0.15, -0.1) is 0 Å². The lowest BCUT2D eigenvalue weighted by Gasteiger charge is -2.18. The van der Waals surface area contributed by atoms with Crippen LogP contribution in [-0.4, -0.2) is 44.2 Å². The van der Waals surface area contributed by atoms with Gasteiger partial charge >= 0.3 is 0 Å². The number of imidazole rings is 1. The third-order valence-corrected chi connectivity index (χ3v) is 2.85. The Balaban J connectivity index is 2.03. The summed E-state index contributed by atoms with van der Waals surface area (Å²) in [5.74, 6) is 0.862. The molecule has 5 nitrogen and oxygen atoms in total. The van der Waals surface area contributed by atoms with Gasteiger partial charge in [0.15, 0.2) is 0 Å². The summed E-state index contributed by atoms with van der Waals surface area (Å²) in [6.45, 7) is 4.70. The molecule has 2 aromatic heterocycles. The summed E-state index contributed by atoms with van der Waals surface area (Å²) in [5.41, 5.74) is 1.15. The molecule has 0 bridgehead atoms. The quantitative estimate of drug-likeness (QED) is 0.828. The second-order valence-corrected chi connectivity index (χ2v) is 4.09. The molecule has 0 amide bonds. The molecule has 0 aliphatic carbocycles. The Morgan fingerprint density at radius 1 is 1.39 bits per heavy atom. The van der Waals surface area contributed by atoms with Crippen molar-refractivity contribution in [3.8, 4) is 5.82 Å². The second-order valence-electron chi connectivity index (χ2n) is 4.09. The molecular formula is C13H18N4O. The van der Waals surface area contributed by atoms with Crippen LogP contribution in [0, 0.1) is 0 Å². The van der Waals surface area contributed by atoms with Crippen LogP contribution in [0.3, 0.4) is 0 Å². The maximum absolute atomic E-state index is 8.95. The Labute approximate surface area is 107 Å². The minimum atomic E-state index is 0.189. The number of pyridine rings is 1. The van der Waals surface area contributed by atoms with Crippen LogP contribution >= 0.6 is 0 Å². The highest BCUT2D eigenvalue weighted by Crippen LogP contribution is 2.07. The van der Waals surface area contributed by atoms with Crippen molar-refractivity contribution in [2.24, 2.45) is 0 Å². The molecule has 0 aliphatic rings. The molecule has 2 rings (SSSR count). The van der Waals surface area contributed by atoms with Crippen LogP contribution in [0.15, 0.2) is 37.1 Å². The average Bonchev–Trinajstić information content (AvgIpc) is 2.93. The Hall–Kier alpha value is -1.72. The Bertz CT molecular complexity index is 452. The van der Waals surface area contributed by atoms with E-state index in [0.717, 1.165) is 24.5 Å². The van der Waals surface area contributed by atoms with Crippen molar-refractivity contribution >= 4 is 0 Å². The summed E-state index contributed by atoms with van der Waals surface area (Å²) >= 11 is 0. The number of likely N-dealkylation sites (N-methyl/N-ethyl adjacent to an activating group) is 1. The number of hydrogen-bond acceptors (Lipinski definition) is 4. The summed E-state index contributed by atoms with van der Waals surface area (Å²) in [6.07, 6.45) is 7.20. The van der Waals surface area contributed by atoms with Gasteiger partial charge < -0.3 is 5.11 Å². The van der Waals surface area contributed by atoms with Crippen LogP contribution in [0.4, 0.5) is 0 Å². The molecule has 0 unspecified atom stereocenters. The van der Waals surface area contributed by atoms with E-state index in [4.69, 9.17) is 5.11 Å². The molecule has 2 heterocycles. The molecule has 96 valence electrons. The highest BCUT2D eigenvalue weighted by Gasteiger charge is 2.04. The van der Waals surface area contributed by atoms with Crippen molar-refractivity contribution < 1.29 is 5.11 Å². The van der Waals surface area contributed by atoms with Crippen LogP contribution in [0.1, 0.15) is 12.5 Å². The predicted molar refractivity (Wildman–Crippen MR) is 69.4 cm³/mol. The lowest BCUT2D eigenvalue weighted by molar-refractivity contribution is 0.196. The van der Waals surface area contributed by atoms with E-state index in [9.17, 15) is 0 Å². The van der Waals surface area contributed by atoms with E-state index >= 15 is 0 Å². The van der Waals surface area contributed by atoms with Gasteiger partial charge in [0.25, 0.3) is 0 Å². The smallest absolute Gasteiger partial charge is 0.137 e. The first-order chi connectivity index (χ1) is 8.83. The van der Waals surface area contributed by atoms with Crippen molar-refractivity contribution in [3.05, 3.63) is 42.6 Å². The first-order valence-electron chi connectivity index (χ1n) is 6.10. The first kappa shape index (κ1) is 12.7. The number of aromatic nitrogens is 3. The highest BCUT2D eigenvalue weighted by molar-refractivity contribution is 5.25. The van der Waals surface area contributed by atoms with Crippen molar-refractivity contribution in [1.82, 2.24) is 19.4 Å². The van der Waals surface area contributed by atoms with Crippen LogP contribution in [0.2, 0.25) is 0 Å². The van der Waals surface area contributed by atoms with E-state index in [1.807, 2.05) is 23.0 Å². The average molecular weight is 246 g/mol. The Morgan fingerprint density at radius 2 is 2.28 bits per heavy atom.